The van der Waals surface area contributed by atoms with E-state index in [2.05, 4.69) is 21.2 Å². The van der Waals surface area contributed by atoms with Crippen LogP contribution in [0.15, 0.2) is 22.7 Å². The summed E-state index contributed by atoms with van der Waals surface area (Å²) in [6, 6.07) is 0.286. The number of halogens is 8. The molecule has 0 spiro atoms. The van der Waals surface area contributed by atoms with Crippen LogP contribution in [0.1, 0.15) is 17.2 Å². The molecule has 0 aliphatic carbocycles. The number of rotatable bonds is 2. The van der Waals surface area contributed by atoms with Gasteiger partial charge in [-0.2, -0.15) is 26.3 Å². The van der Waals surface area contributed by atoms with E-state index in [1.165, 1.54) is 0 Å². The quantitative estimate of drug-likeness (QED) is 0.704. The first-order chi connectivity index (χ1) is 10.1. The maximum atomic E-state index is 13.4. The van der Waals surface area contributed by atoms with Gasteiger partial charge in [0.05, 0.1) is 5.56 Å². The summed E-state index contributed by atoms with van der Waals surface area (Å²) in [6.45, 7) is 0.964. The van der Waals surface area contributed by atoms with Crippen molar-refractivity contribution in [2.24, 2.45) is 0 Å². The highest BCUT2D eigenvalue weighted by Crippen LogP contribution is 2.42. The molecule has 2 rings (SSSR count). The maximum Gasteiger partial charge on any atom is 0.416 e. The summed E-state index contributed by atoms with van der Waals surface area (Å²) >= 11 is 2.95. The van der Waals surface area contributed by atoms with Crippen LogP contribution >= 0.6 is 28.3 Å². The van der Waals surface area contributed by atoms with Gasteiger partial charge in [-0.25, -0.2) is 0 Å². The van der Waals surface area contributed by atoms with Gasteiger partial charge in [-0.05, 0) is 23.8 Å². The molecule has 1 saturated heterocycles. The zero-order valence-corrected chi connectivity index (χ0v) is 14.0. The lowest BCUT2D eigenvalue weighted by atomic mass is 10.0. The van der Waals surface area contributed by atoms with E-state index in [4.69, 9.17) is 0 Å². The molecule has 1 aliphatic rings. The minimum atomic E-state index is -4.69. The van der Waals surface area contributed by atoms with Crippen molar-refractivity contribution >= 4 is 28.3 Å². The highest BCUT2D eigenvalue weighted by atomic mass is 79.9. The monoisotopic (exact) mass is 426 g/mol. The Morgan fingerprint density at radius 1 is 1.04 bits per heavy atom. The zero-order valence-electron chi connectivity index (χ0n) is 11.6. The molecule has 0 unspecified atom stereocenters. The lowest BCUT2D eigenvalue weighted by Gasteiger charge is -2.36. The van der Waals surface area contributed by atoms with Crippen LogP contribution in [-0.2, 0) is 6.18 Å². The molecule has 10 heteroatoms. The number of hydrogen-bond acceptors (Lipinski definition) is 2. The van der Waals surface area contributed by atoms with E-state index in [9.17, 15) is 26.3 Å². The lowest BCUT2D eigenvalue weighted by Crippen LogP contribution is -2.49. The summed E-state index contributed by atoms with van der Waals surface area (Å²) in [5.41, 5.74) is -1.50. The third kappa shape index (κ3) is 4.98. The van der Waals surface area contributed by atoms with E-state index in [0.717, 1.165) is 17.0 Å². The molecule has 132 valence electrons. The first kappa shape index (κ1) is 20.5. The van der Waals surface area contributed by atoms with E-state index in [1.807, 2.05) is 0 Å². The zero-order chi connectivity index (χ0) is 16.5. The Balaban J connectivity index is 0.00000264. The number of nitrogens with zero attached hydrogens (tertiary/aromatic N) is 1. The Morgan fingerprint density at radius 3 is 2.09 bits per heavy atom. The SMILES string of the molecule is Cl.FC(F)(F)c1ccc(Br)c([C@@H](N2CCNCC2)C(F)(F)F)c1. The molecule has 0 radical (unpaired) electrons. The van der Waals surface area contributed by atoms with Crippen LogP contribution < -0.4 is 5.32 Å². The van der Waals surface area contributed by atoms with E-state index in [1.54, 1.807) is 0 Å². The summed E-state index contributed by atoms with van der Waals surface area (Å²) in [6.07, 6.45) is -9.35. The smallest absolute Gasteiger partial charge is 0.314 e. The van der Waals surface area contributed by atoms with Crippen molar-refractivity contribution in [2.75, 3.05) is 26.2 Å². The fraction of sp³-hybridized carbons (Fsp3) is 0.538. The molecule has 0 bridgehead atoms. The average Bonchev–Trinajstić information content (AvgIpc) is 2.39. The second-order valence-corrected chi connectivity index (χ2v) is 5.82. The molecular weight excluding hydrogens is 414 g/mol. The molecule has 0 saturated carbocycles. The first-order valence-corrected chi connectivity index (χ1v) is 7.28. The predicted molar refractivity (Wildman–Crippen MR) is 79.6 cm³/mol. The van der Waals surface area contributed by atoms with Crippen molar-refractivity contribution in [3.05, 3.63) is 33.8 Å². The molecule has 1 N–H and O–H groups in total. The largest absolute Gasteiger partial charge is 0.416 e. The second kappa shape index (κ2) is 7.58. The van der Waals surface area contributed by atoms with Gasteiger partial charge >= 0.3 is 12.4 Å². The van der Waals surface area contributed by atoms with Gasteiger partial charge in [0.25, 0.3) is 0 Å². The summed E-state index contributed by atoms with van der Waals surface area (Å²) < 4.78 is 78.7. The third-order valence-corrected chi connectivity index (χ3v) is 4.17. The lowest BCUT2D eigenvalue weighted by molar-refractivity contribution is -0.188. The van der Waals surface area contributed by atoms with Crippen molar-refractivity contribution in [3.8, 4) is 0 Å². The normalized spacial score (nSPS) is 18.4. The molecule has 1 aromatic carbocycles. The Morgan fingerprint density at radius 2 is 1.61 bits per heavy atom. The molecule has 1 aromatic rings. The summed E-state index contributed by atoms with van der Waals surface area (Å²) in [5.74, 6) is 0. The Hall–Kier alpha value is -0.510. The van der Waals surface area contributed by atoms with Crippen LogP contribution in [0, 0.1) is 0 Å². The highest BCUT2D eigenvalue weighted by molar-refractivity contribution is 9.10. The fourth-order valence-electron chi connectivity index (χ4n) is 2.45. The number of alkyl halides is 6. The molecule has 1 atom stereocenters. The number of hydrogen-bond donors (Lipinski definition) is 1. The molecule has 23 heavy (non-hydrogen) atoms. The Bertz CT molecular complexity index is 528. The van der Waals surface area contributed by atoms with Crippen molar-refractivity contribution < 1.29 is 26.3 Å². The number of nitrogens with one attached hydrogen (secondary N) is 1. The van der Waals surface area contributed by atoms with Gasteiger partial charge in [-0.3, -0.25) is 4.90 Å². The molecule has 0 amide bonds. The van der Waals surface area contributed by atoms with Gasteiger partial charge in [0, 0.05) is 30.7 Å². The van der Waals surface area contributed by atoms with Crippen LogP contribution in [0.3, 0.4) is 0 Å². The van der Waals surface area contributed by atoms with Gasteiger partial charge in [0.2, 0.25) is 0 Å². The molecule has 1 aliphatic heterocycles. The Labute approximate surface area is 143 Å². The highest BCUT2D eigenvalue weighted by Gasteiger charge is 2.46. The van der Waals surface area contributed by atoms with Crippen LogP contribution in [0.5, 0.6) is 0 Å². The predicted octanol–water partition coefficient (Wildman–Crippen LogP) is 4.40. The van der Waals surface area contributed by atoms with Gasteiger partial charge < -0.3 is 5.32 Å². The van der Waals surface area contributed by atoms with E-state index in [-0.39, 0.29) is 30.0 Å². The standard InChI is InChI=1S/C13H13BrF6N2.ClH/c14-10-2-1-8(12(15,16)17)7-9(10)11(13(18,19)20)22-5-3-21-4-6-22;/h1-2,7,11,21H,3-6H2;1H/t11-;/m1./s1. The Kier molecular flexibility index (Phi) is 6.77. The van der Waals surface area contributed by atoms with Gasteiger partial charge in [-0.15, -0.1) is 12.4 Å². The van der Waals surface area contributed by atoms with E-state index < -0.39 is 29.5 Å². The summed E-state index contributed by atoms with van der Waals surface area (Å²) in [5, 5.41) is 2.92. The van der Waals surface area contributed by atoms with Gasteiger partial charge in [0.1, 0.15) is 6.04 Å². The van der Waals surface area contributed by atoms with Crippen LogP contribution in [0.4, 0.5) is 26.3 Å². The topological polar surface area (TPSA) is 15.3 Å². The maximum absolute atomic E-state index is 13.4. The fourth-order valence-corrected chi connectivity index (χ4v) is 2.91. The van der Waals surface area contributed by atoms with Crippen molar-refractivity contribution in [2.45, 2.75) is 18.4 Å². The molecule has 0 aromatic heterocycles. The second-order valence-electron chi connectivity index (χ2n) is 4.96. The summed E-state index contributed by atoms with van der Waals surface area (Å²) in [4.78, 5) is 1.15. The first-order valence-electron chi connectivity index (χ1n) is 6.49. The molecule has 1 fully saturated rings. The summed E-state index contributed by atoms with van der Waals surface area (Å²) in [7, 11) is 0. The third-order valence-electron chi connectivity index (χ3n) is 3.44. The van der Waals surface area contributed by atoms with Crippen molar-refractivity contribution in [3.63, 3.8) is 0 Å². The van der Waals surface area contributed by atoms with E-state index >= 15 is 0 Å². The number of benzene rings is 1. The van der Waals surface area contributed by atoms with E-state index in [0.29, 0.717) is 19.2 Å². The van der Waals surface area contributed by atoms with Crippen molar-refractivity contribution in [1.29, 1.82) is 0 Å². The molecular formula is C13H14BrClF6N2. The van der Waals surface area contributed by atoms with Crippen LogP contribution in [-0.4, -0.2) is 37.3 Å². The molecule has 2 nitrogen and oxygen atoms in total. The molecule has 1 heterocycles. The van der Waals surface area contributed by atoms with Crippen LogP contribution in [0.2, 0.25) is 0 Å². The van der Waals surface area contributed by atoms with Crippen molar-refractivity contribution in [1.82, 2.24) is 10.2 Å². The van der Waals surface area contributed by atoms with Gasteiger partial charge in [0.15, 0.2) is 0 Å². The van der Waals surface area contributed by atoms with Crippen LogP contribution in [0.25, 0.3) is 0 Å². The average molecular weight is 428 g/mol. The minimum absolute atomic E-state index is 0. The van der Waals surface area contributed by atoms with Gasteiger partial charge in [-0.1, -0.05) is 15.9 Å². The minimum Gasteiger partial charge on any atom is -0.314 e. The number of piperazine rings is 1.